The maximum atomic E-state index is 9.71. The van der Waals surface area contributed by atoms with Crippen molar-refractivity contribution in [3.63, 3.8) is 0 Å². The van der Waals surface area contributed by atoms with Crippen molar-refractivity contribution in [1.82, 2.24) is 4.98 Å². The lowest BCUT2D eigenvalue weighted by Gasteiger charge is -2.09. The fourth-order valence-electron chi connectivity index (χ4n) is 1.38. The predicted octanol–water partition coefficient (Wildman–Crippen LogP) is 2.30. The van der Waals surface area contributed by atoms with Crippen molar-refractivity contribution in [2.24, 2.45) is 0 Å². The van der Waals surface area contributed by atoms with E-state index in [1.807, 2.05) is 12.3 Å². The van der Waals surface area contributed by atoms with Gasteiger partial charge in [0.15, 0.2) is 0 Å². The standard InChI is InChI=1S/C12H19NOS/c1-3-10-4-5-11(13-9-10)8-12(14)6-7-15-2/h4-5,9,12,14H,3,6-8H2,1-2H3. The monoisotopic (exact) mass is 225 g/mol. The van der Waals surface area contributed by atoms with E-state index < -0.39 is 0 Å². The molecule has 0 fully saturated rings. The molecule has 0 aliphatic carbocycles. The Bertz CT molecular complexity index is 273. The number of hydrogen-bond donors (Lipinski definition) is 1. The zero-order chi connectivity index (χ0) is 11.1. The van der Waals surface area contributed by atoms with Crippen molar-refractivity contribution in [3.8, 4) is 0 Å². The summed E-state index contributed by atoms with van der Waals surface area (Å²) in [6, 6.07) is 4.10. The van der Waals surface area contributed by atoms with Gasteiger partial charge in [-0.05, 0) is 36.5 Å². The molecule has 1 aromatic rings. The summed E-state index contributed by atoms with van der Waals surface area (Å²) in [5, 5.41) is 9.71. The fraction of sp³-hybridized carbons (Fsp3) is 0.583. The molecule has 1 N–H and O–H groups in total. The highest BCUT2D eigenvalue weighted by atomic mass is 32.2. The van der Waals surface area contributed by atoms with Gasteiger partial charge in [0.2, 0.25) is 0 Å². The maximum Gasteiger partial charge on any atom is 0.0603 e. The number of aromatic nitrogens is 1. The van der Waals surface area contributed by atoms with Gasteiger partial charge in [0.25, 0.3) is 0 Å². The Labute approximate surface area is 96.1 Å². The summed E-state index contributed by atoms with van der Waals surface area (Å²) in [6.45, 7) is 2.12. The van der Waals surface area contributed by atoms with Gasteiger partial charge in [-0.3, -0.25) is 4.98 Å². The SMILES string of the molecule is CCc1ccc(CC(O)CCSC)nc1. The first-order chi connectivity index (χ1) is 7.26. The summed E-state index contributed by atoms with van der Waals surface area (Å²) in [7, 11) is 0. The van der Waals surface area contributed by atoms with E-state index in [-0.39, 0.29) is 6.10 Å². The molecular formula is C12H19NOS. The van der Waals surface area contributed by atoms with E-state index in [0.29, 0.717) is 6.42 Å². The molecule has 0 aliphatic heterocycles. The molecule has 2 nitrogen and oxygen atoms in total. The molecule has 3 heteroatoms. The average molecular weight is 225 g/mol. The van der Waals surface area contributed by atoms with Gasteiger partial charge in [-0.25, -0.2) is 0 Å². The first kappa shape index (κ1) is 12.5. The minimum Gasteiger partial charge on any atom is -0.393 e. The number of hydrogen-bond acceptors (Lipinski definition) is 3. The number of aliphatic hydroxyl groups is 1. The Hall–Kier alpha value is -0.540. The summed E-state index contributed by atoms with van der Waals surface area (Å²) < 4.78 is 0. The van der Waals surface area contributed by atoms with Crippen molar-refractivity contribution in [2.75, 3.05) is 12.0 Å². The van der Waals surface area contributed by atoms with Crippen LogP contribution in [0.15, 0.2) is 18.3 Å². The molecule has 15 heavy (non-hydrogen) atoms. The predicted molar refractivity (Wildman–Crippen MR) is 66.3 cm³/mol. The Morgan fingerprint density at radius 1 is 1.47 bits per heavy atom. The van der Waals surface area contributed by atoms with Crippen LogP contribution in [-0.2, 0) is 12.8 Å². The lowest BCUT2D eigenvalue weighted by Crippen LogP contribution is -2.12. The van der Waals surface area contributed by atoms with E-state index in [2.05, 4.69) is 24.2 Å². The lowest BCUT2D eigenvalue weighted by molar-refractivity contribution is 0.171. The van der Waals surface area contributed by atoms with Crippen LogP contribution in [-0.4, -0.2) is 28.2 Å². The summed E-state index contributed by atoms with van der Waals surface area (Å²) in [5.41, 5.74) is 2.23. The Morgan fingerprint density at radius 2 is 2.27 bits per heavy atom. The molecule has 0 amide bonds. The van der Waals surface area contributed by atoms with Crippen LogP contribution in [0.2, 0.25) is 0 Å². The van der Waals surface area contributed by atoms with Crippen LogP contribution in [0.25, 0.3) is 0 Å². The van der Waals surface area contributed by atoms with Gasteiger partial charge in [-0.2, -0.15) is 11.8 Å². The van der Waals surface area contributed by atoms with Crippen molar-refractivity contribution in [1.29, 1.82) is 0 Å². The molecule has 0 saturated heterocycles. The quantitative estimate of drug-likeness (QED) is 0.806. The average Bonchev–Trinajstić information content (AvgIpc) is 2.27. The molecule has 84 valence electrons. The zero-order valence-electron chi connectivity index (χ0n) is 9.44. The number of thioether (sulfide) groups is 1. The van der Waals surface area contributed by atoms with E-state index in [9.17, 15) is 5.11 Å². The third-order valence-electron chi connectivity index (χ3n) is 2.39. The Morgan fingerprint density at radius 3 is 2.80 bits per heavy atom. The largest absolute Gasteiger partial charge is 0.393 e. The van der Waals surface area contributed by atoms with Crippen LogP contribution in [0.3, 0.4) is 0 Å². The zero-order valence-corrected chi connectivity index (χ0v) is 10.3. The van der Waals surface area contributed by atoms with Crippen LogP contribution in [0, 0.1) is 0 Å². The summed E-state index contributed by atoms with van der Waals surface area (Å²) >= 11 is 1.77. The van der Waals surface area contributed by atoms with Gasteiger partial charge >= 0.3 is 0 Å². The molecule has 0 radical (unpaired) electrons. The highest BCUT2D eigenvalue weighted by molar-refractivity contribution is 7.98. The summed E-state index contributed by atoms with van der Waals surface area (Å²) in [4.78, 5) is 4.33. The Balaban J connectivity index is 2.42. The van der Waals surface area contributed by atoms with E-state index in [1.165, 1.54) is 5.56 Å². The molecule has 0 bridgehead atoms. The number of pyridine rings is 1. The normalized spacial score (nSPS) is 12.7. The topological polar surface area (TPSA) is 33.1 Å². The number of aliphatic hydroxyl groups excluding tert-OH is 1. The first-order valence-corrected chi connectivity index (χ1v) is 6.76. The highest BCUT2D eigenvalue weighted by Crippen LogP contribution is 2.07. The second-order valence-corrected chi connectivity index (χ2v) is 4.64. The molecule has 1 rings (SSSR count). The molecule has 1 heterocycles. The van der Waals surface area contributed by atoms with Crippen LogP contribution in [0.1, 0.15) is 24.6 Å². The minimum absolute atomic E-state index is 0.252. The number of rotatable bonds is 6. The third-order valence-corrected chi connectivity index (χ3v) is 3.04. The third kappa shape index (κ3) is 4.67. The van der Waals surface area contributed by atoms with Crippen LogP contribution in [0.4, 0.5) is 0 Å². The maximum absolute atomic E-state index is 9.71. The van der Waals surface area contributed by atoms with E-state index >= 15 is 0 Å². The molecule has 0 saturated carbocycles. The van der Waals surface area contributed by atoms with E-state index in [1.54, 1.807) is 11.8 Å². The van der Waals surface area contributed by atoms with Gasteiger partial charge in [0.1, 0.15) is 0 Å². The minimum atomic E-state index is -0.252. The number of nitrogens with zero attached hydrogens (tertiary/aromatic N) is 1. The second kappa shape index (κ2) is 6.85. The van der Waals surface area contributed by atoms with Gasteiger partial charge in [-0.15, -0.1) is 0 Å². The molecule has 0 aromatic carbocycles. The number of aryl methyl sites for hydroxylation is 1. The molecule has 0 spiro atoms. The molecular weight excluding hydrogens is 206 g/mol. The second-order valence-electron chi connectivity index (χ2n) is 3.65. The fourth-order valence-corrected chi connectivity index (χ4v) is 1.89. The smallest absolute Gasteiger partial charge is 0.0603 e. The van der Waals surface area contributed by atoms with E-state index in [0.717, 1.165) is 24.3 Å². The van der Waals surface area contributed by atoms with Crippen LogP contribution < -0.4 is 0 Å². The molecule has 1 aromatic heterocycles. The van der Waals surface area contributed by atoms with Gasteiger partial charge < -0.3 is 5.11 Å². The van der Waals surface area contributed by atoms with E-state index in [4.69, 9.17) is 0 Å². The van der Waals surface area contributed by atoms with Crippen LogP contribution in [0.5, 0.6) is 0 Å². The van der Waals surface area contributed by atoms with Crippen molar-refractivity contribution in [3.05, 3.63) is 29.6 Å². The van der Waals surface area contributed by atoms with Crippen LogP contribution >= 0.6 is 11.8 Å². The van der Waals surface area contributed by atoms with Gasteiger partial charge in [0.05, 0.1) is 6.10 Å². The van der Waals surface area contributed by atoms with Gasteiger partial charge in [0, 0.05) is 18.3 Å². The molecule has 0 aliphatic rings. The summed E-state index contributed by atoms with van der Waals surface area (Å²) in [6.07, 6.45) is 6.24. The molecule has 1 unspecified atom stereocenters. The lowest BCUT2D eigenvalue weighted by atomic mass is 10.1. The van der Waals surface area contributed by atoms with Crippen molar-refractivity contribution >= 4 is 11.8 Å². The Kier molecular flexibility index (Phi) is 5.73. The highest BCUT2D eigenvalue weighted by Gasteiger charge is 2.05. The van der Waals surface area contributed by atoms with Gasteiger partial charge in [-0.1, -0.05) is 13.0 Å². The summed E-state index contributed by atoms with van der Waals surface area (Å²) in [5.74, 6) is 1.01. The molecule has 1 atom stereocenters. The van der Waals surface area contributed by atoms with Crippen molar-refractivity contribution < 1.29 is 5.11 Å². The van der Waals surface area contributed by atoms with Crippen molar-refractivity contribution in [2.45, 2.75) is 32.3 Å². The first-order valence-electron chi connectivity index (χ1n) is 5.37.